The van der Waals surface area contributed by atoms with E-state index in [4.69, 9.17) is 0 Å². The van der Waals surface area contributed by atoms with Crippen molar-refractivity contribution in [1.82, 2.24) is 20.6 Å². The van der Waals surface area contributed by atoms with Crippen molar-refractivity contribution in [3.8, 4) is 11.1 Å². The third kappa shape index (κ3) is 2.83. The molecule has 1 atom stereocenters. The molecule has 2 N–H and O–H groups in total. The summed E-state index contributed by atoms with van der Waals surface area (Å²) in [5.41, 5.74) is 1.95. The SMILES string of the molecule is O=C(NC1CCNC1)c1ncc(-c2ccccc2)cn1. The van der Waals surface area contributed by atoms with Crippen LogP contribution in [0.1, 0.15) is 17.0 Å². The Labute approximate surface area is 117 Å². The Hall–Kier alpha value is -2.27. The monoisotopic (exact) mass is 268 g/mol. The van der Waals surface area contributed by atoms with Crippen LogP contribution in [0, 0.1) is 0 Å². The molecule has 0 spiro atoms. The van der Waals surface area contributed by atoms with E-state index in [1.165, 1.54) is 0 Å². The molecular weight excluding hydrogens is 252 g/mol. The molecule has 5 heteroatoms. The van der Waals surface area contributed by atoms with Crippen LogP contribution < -0.4 is 10.6 Å². The van der Waals surface area contributed by atoms with E-state index in [-0.39, 0.29) is 17.8 Å². The maximum atomic E-state index is 12.0. The lowest BCUT2D eigenvalue weighted by atomic mass is 10.1. The fourth-order valence-corrected chi connectivity index (χ4v) is 2.25. The maximum absolute atomic E-state index is 12.0. The first kappa shape index (κ1) is 12.7. The topological polar surface area (TPSA) is 66.9 Å². The van der Waals surface area contributed by atoms with Gasteiger partial charge in [-0.1, -0.05) is 30.3 Å². The molecule has 1 aliphatic heterocycles. The van der Waals surface area contributed by atoms with Gasteiger partial charge in [-0.3, -0.25) is 4.79 Å². The number of rotatable bonds is 3. The molecule has 1 fully saturated rings. The fraction of sp³-hybridized carbons (Fsp3) is 0.267. The predicted octanol–water partition coefficient (Wildman–Crippen LogP) is 1.24. The van der Waals surface area contributed by atoms with Gasteiger partial charge in [0, 0.05) is 30.5 Å². The van der Waals surface area contributed by atoms with Gasteiger partial charge in [0.15, 0.2) is 0 Å². The minimum Gasteiger partial charge on any atom is -0.345 e. The Kier molecular flexibility index (Phi) is 3.69. The van der Waals surface area contributed by atoms with E-state index in [0.717, 1.165) is 30.6 Å². The van der Waals surface area contributed by atoms with Crippen molar-refractivity contribution in [2.75, 3.05) is 13.1 Å². The second-order valence-electron chi connectivity index (χ2n) is 4.82. The Balaban J connectivity index is 1.71. The summed E-state index contributed by atoms with van der Waals surface area (Å²) >= 11 is 0. The lowest BCUT2D eigenvalue weighted by Gasteiger charge is -2.10. The first-order valence-electron chi connectivity index (χ1n) is 6.72. The minimum atomic E-state index is -0.210. The van der Waals surface area contributed by atoms with Crippen molar-refractivity contribution >= 4 is 5.91 Å². The van der Waals surface area contributed by atoms with E-state index in [9.17, 15) is 4.79 Å². The molecule has 1 amide bonds. The van der Waals surface area contributed by atoms with Crippen LogP contribution in [0.3, 0.4) is 0 Å². The Morgan fingerprint density at radius 1 is 1.15 bits per heavy atom. The molecule has 102 valence electrons. The summed E-state index contributed by atoms with van der Waals surface area (Å²) in [6, 6.07) is 10.0. The summed E-state index contributed by atoms with van der Waals surface area (Å²) in [5, 5.41) is 6.13. The van der Waals surface area contributed by atoms with Crippen LogP contribution in [0.4, 0.5) is 0 Å². The molecule has 1 aromatic heterocycles. The van der Waals surface area contributed by atoms with E-state index in [1.54, 1.807) is 12.4 Å². The van der Waals surface area contributed by atoms with Gasteiger partial charge >= 0.3 is 0 Å². The summed E-state index contributed by atoms with van der Waals surface area (Å²) in [7, 11) is 0. The molecule has 1 saturated heterocycles. The Morgan fingerprint density at radius 3 is 2.55 bits per heavy atom. The van der Waals surface area contributed by atoms with Crippen LogP contribution in [0.5, 0.6) is 0 Å². The molecule has 0 saturated carbocycles. The highest BCUT2D eigenvalue weighted by Crippen LogP contribution is 2.16. The smallest absolute Gasteiger partial charge is 0.289 e. The van der Waals surface area contributed by atoms with Crippen molar-refractivity contribution in [2.24, 2.45) is 0 Å². The van der Waals surface area contributed by atoms with Gasteiger partial charge in [-0.2, -0.15) is 0 Å². The number of nitrogens with zero attached hydrogens (tertiary/aromatic N) is 2. The number of nitrogens with one attached hydrogen (secondary N) is 2. The van der Waals surface area contributed by atoms with Crippen molar-refractivity contribution < 1.29 is 4.79 Å². The highest BCUT2D eigenvalue weighted by molar-refractivity contribution is 5.90. The highest BCUT2D eigenvalue weighted by Gasteiger charge is 2.18. The molecule has 1 aromatic carbocycles. The largest absolute Gasteiger partial charge is 0.345 e. The van der Waals surface area contributed by atoms with Crippen LogP contribution in [-0.4, -0.2) is 35.0 Å². The number of hydrogen-bond donors (Lipinski definition) is 2. The summed E-state index contributed by atoms with van der Waals surface area (Å²) in [4.78, 5) is 20.3. The van der Waals surface area contributed by atoms with Gasteiger partial charge in [-0.15, -0.1) is 0 Å². The zero-order chi connectivity index (χ0) is 13.8. The van der Waals surface area contributed by atoms with E-state index in [2.05, 4.69) is 20.6 Å². The van der Waals surface area contributed by atoms with Crippen molar-refractivity contribution in [1.29, 1.82) is 0 Å². The predicted molar refractivity (Wildman–Crippen MR) is 76.2 cm³/mol. The van der Waals surface area contributed by atoms with E-state index in [0.29, 0.717) is 0 Å². The molecule has 2 heterocycles. The highest BCUT2D eigenvalue weighted by atomic mass is 16.2. The zero-order valence-corrected chi connectivity index (χ0v) is 11.0. The second kappa shape index (κ2) is 5.79. The molecule has 3 rings (SSSR count). The maximum Gasteiger partial charge on any atom is 0.289 e. The molecule has 1 aliphatic rings. The van der Waals surface area contributed by atoms with Crippen molar-refractivity contribution in [3.63, 3.8) is 0 Å². The standard InChI is InChI=1S/C15H16N4O/c20-15(19-13-6-7-16-10-13)14-17-8-12(9-18-14)11-4-2-1-3-5-11/h1-5,8-9,13,16H,6-7,10H2,(H,19,20). The fourth-order valence-electron chi connectivity index (χ4n) is 2.25. The molecule has 2 aromatic rings. The number of carbonyl (C=O) groups excluding carboxylic acids is 1. The summed E-state index contributed by atoms with van der Waals surface area (Å²) in [6.07, 6.45) is 4.32. The van der Waals surface area contributed by atoms with Crippen LogP contribution in [0.15, 0.2) is 42.7 Å². The molecule has 0 radical (unpaired) electrons. The summed E-state index contributed by atoms with van der Waals surface area (Å²) in [5.74, 6) is 0.00916. The third-order valence-electron chi connectivity index (χ3n) is 3.36. The molecule has 0 bridgehead atoms. The van der Waals surface area contributed by atoms with Crippen molar-refractivity contribution in [3.05, 3.63) is 48.5 Å². The first-order chi connectivity index (χ1) is 9.83. The van der Waals surface area contributed by atoms with Gasteiger partial charge in [0.1, 0.15) is 0 Å². The Morgan fingerprint density at radius 2 is 1.90 bits per heavy atom. The minimum absolute atomic E-state index is 0.180. The second-order valence-corrected chi connectivity index (χ2v) is 4.82. The van der Waals surface area contributed by atoms with Gasteiger partial charge < -0.3 is 10.6 Å². The molecule has 1 unspecified atom stereocenters. The Bertz CT molecular complexity index is 577. The molecule has 20 heavy (non-hydrogen) atoms. The average molecular weight is 268 g/mol. The van der Waals surface area contributed by atoms with Crippen molar-refractivity contribution in [2.45, 2.75) is 12.5 Å². The van der Waals surface area contributed by atoms with Gasteiger partial charge in [-0.05, 0) is 18.5 Å². The normalized spacial score (nSPS) is 17.9. The number of aromatic nitrogens is 2. The number of carbonyl (C=O) groups is 1. The summed E-state index contributed by atoms with van der Waals surface area (Å²) in [6.45, 7) is 1.76. The third-order valence-corrected chi connectivity index (χ3v) is 3.36. The average Bonchev–Trinajstić information content (AvgIpc) is 3.01. The quantitative estimate of drug-likeness (QED) is 0.879. The van der Waals surface area contributed by atoms with Gasteiger partial charge in [0.25, 0.3) is 5.91 Å². The summed E-state index contributed by atoms with van der Waals surface area (Å²) < 4.78 is 0. The van der Waals surface area contributed by atoms with E-state index >= 15 is 0 Å². The molecular formula is C15H16N4O. The number of benzene rings is 1. The zero-order valence-electron chi connectivity index (χ0n) is 11.0. The molecule has 5 nitrogen and oxygen atoms in total. The first-order valence-corrected chi connectivity index (χ1v) is 6.72. The number of amides is 1. The van der Waals surface area contributed by atoms with Gasteiger partial charge in [0.05, 0.1) is 0 Å². The van der Waals surface area contributed by atoms with Crippen LogP contribution in [0.25, 0.3) is 11.1 Å². The van der Waals surface area contributed by atoms with Crippen LogP contribution >= 0.6 is 0 Å². The molecule has 0 aliphatic carbocycles. The lowest BCUT2D eigenvalue weighted by molar-refractivity contribution is 0.0929. The lowest BCUT2D eigenvalue weighted by Crippen LogP contribution is -2.37. The van der Waals surface area contributed by atoms with Crippen LogP contribution in [0.2, 0.25) is 0 Å². The van der Waals surface area contributed by atoms with E-state index < -0.39 is 0 Å². The van der Waals surface area contributed by atoms with E-state index in [1.807, 2.05) is 30.3 Å². The van der Waals surface area contributed by atoms with Gasteiger partial charge in [0.2, 0.25) is 5.82 Å². The van der Waals surface area contributed by atoms with Gasteiger partial charge in [-0.25, -0.2) is 9.97 Å². The number of hydrogen-bond acceptors (Lipinski definition) is 4. The van der Waals surface area contributed by atoms with Crippen LogP contribution in [-0.2, 0) is 0 Å².